The molecule has 1 rings (SSSR count). The van der Waals surface area contributed by atoms with Crippen molar-refractivity contribution < 1.29 is 32.2 Å². The second-order valence-corrected chi connectivity index (χ2v) is 3.88. The summed E-state index contributed by atoms with van der Waals surface area (Å²) in [6, 6.07) is 3.69. The molecule has 0 aliphatic carbocycles. The van der Waals surface area contributed by atoms with Gasteiger partial charge in [-0.2, -0.15) is 13.2 Å². The predicted octanol–water partition coefficient (Wildman–Crippen LogP) is 2.60. The number of ether oxygens (including phenoxy) is 2. The first kappa shape index (κ1) is 16.0. The fourth-order valence-electron chi connectivity index (χ4n) is 1.37. The maximum Gasteiger partial charge on any atom is 0.416 e. The summed E-state index contributed by atoms with van der Waals surface area (Å²) in [5.74, 6) is -1.49. The van der Waals surface area contributed by atoms with E-state index in [-0.39, 0.29) is 12.4 Å². The van der Waals surface area contributed by atoms with Crippen LogP contribution >= 0.6 is 0 Å². The molecule has 7 heteroatoms. The van der Waals surface area contributed by atoms with Gasteiger partial charge in [0.15, 0.2) is 5.78 Å². The summed E-state index contributed by atoms with van der Waals surface area (Å²) in [6.45, 7) is 2.76. The molecule has 0 amide bonds. The molecule has 0 spiro atoms. The summed E-state index contributed by atoms with van der Waals surface area (Å²) in [5.41, 5.74) is -0.847. The topological polar surface area (TPSA) is 52.6 Å². The first-order chi connectivity index (χ1) is 9.25. The van der Waals surface area contributed by atoms with Crippen molar-refractivity contribution in [2.45, 2.75) is 26.1 Å². The Kier molecular flexibility index (Phi) is 5.12. The molecule has 110 valence electrons. The number of carbonyl (C=O) groups excluding carboxylic acids is 2. The maximum absolute atomic E-state index is 12.4. The summed E-state index contributed by atoms with van der Waals surface area (Å²) in [4.78, 5) is 22.8. The summed E-state index contributed by atoms with van der Waals surface area (Å²) >= 11 is 0. The van der Waals surface area contributed by atoms with Crippen LogP contribution in [0.4, 0.5) is 13.2 Å². The third-order valence-corrected chi connectivity index (χ3v) is 2.31. The summed E-state index contributed by atoms with van der Waals surface area (Å²) < 4.78 is 46.8. The third kappa shape index (κ3) is 4.25. The molecular formula is C13H13F3O4. The monoisotopic (exact) mass is 290 g/mol. The molecule has 0 aliphatic heterocycles. The molecule has 0 bridgehead atoms. The lowest BCUT2D eigenvalue weighted by Gasteiger charge is -2.15. The van der Waals surface area contributed by atoms with Gasteiger partial charge in [0.1, 0.15) is 5.75 Å². The molecule has 0 unspecified atom stereocenters. The smallest absolute Gasteiger partial charge is 0.416 e. The zero-order chi connectivity index (χ0) is 15.3. The summed E-state index contributed by atoms with van der Waals surface area (Å²) in [5, 5.41) is 0. The first-order valence-electron chi connectivity index (χ1n) is 5.76. The van der Waals surface area contributed by atoms with Gasteiger partial charge in [0, 0.05) is 0 Å². The van der Waals surface area contributed by atoms with E-state index in [2.05, 4.69) is 4.74 Å². The van der Waals surface area contributed by atoms with Crippen molar-refractivity contribution >= 4 is 11.8 Å². The molecule has 0 heterocycles. The minimum Gasteiger partial charge on any atom is -0.471 e. The van der Waals surface area contributed by atoms with Gasteiger partial charge in [0.05, 0.1) is 12.2 Å². The number of ketones is 1. The van der Waals surface area contributed by atoms with Gasteiger partial charge in [-0.3, -0.25) is 4.79 Å². The van der Waals surface area contributed by atoms with Crippen LogP contribution in [0.1, 0.15) is 19.4 Å². The van der Waals surface area contributed by atoms with Crippen molar-refractivity contribution in [3.05, 3.63) is 29.8 Å². The Morgan fingerprint density at radius 3 is 2.15 bits per heavy atom. The molecule has 1 atom stereocenters. The number of alkyl halides is 3. The molecule has 4 nitrogen and oxygen atoms in total. The molecule has 0 aromatic heterocycles. The lowest BCUT2D eigenvalue weighted by molar-refractivity contribution is -0.155. The van der Waals surface area contributed by atoms with Gasteiger partial charge in [-0.15, -0.1) is 0 Å². The number of esters is 1. The summed E-state index contributed by atoms with van der Waals surface area (Å²) in [7, 11) is 0. The minimum absolute atomic E-state index is 0.0220. The second-order valence-electron chi connectivity index (χ2n) is 3.88. The number of halogens is 3. The number of benzene rings is 1. The van der Waals surface area contributed by atoms with E-state index in [1.807, 2.05) is 0 Å². The molecule has 20 heavy (non-hydrogen) atoms. The summed E-state index contributed by atoms with van der Waals surface area (Å²) in [6.07, 6.45) is -5.94. The Morgan fingerprint density at radius 1 is 1.20 bits per heavy atom. The van der Waals surface area contributed by atoms with E-state index in [1.165, 1.54) is 0 Å². The predicted molar refractivity (Wildman–Crippen MR) is 63.2 cm³/mol. The normalized spacial score (nSPS) is 12.7. The highest BCUT2D eigenvalue weighted by molar-refractivity contribution is 6.01. The SMILES string of the molecule is CCOC(=O)[C@@H](Oc1ccc(C(F)(F)F)cc1)C(C)=O. The average Bonchev–Trinajstić information content (AvgIpc) is 2.35. The van der Waals surface area contributed by atoms with Crippen molar-refractivity contribution in [2.75, 3.05) is 6.61 Å². The molecule has 0 N–H and O–H groups in total. The number of carbonyl (C=O) groups is 2. The van der Waals surface area contributed by atoms with Gasteiger partial charge in [-0.05, 0) is 38.1 Å². The van der Waals surface area contributed by atoms with Crippen molar-refractivity contribution in [1.29, 1.82) is 0 Å². The van der Waals surface area contributed by atoms with E-state index in [1.54, 1.807) is 6.92 Å². The maximum atomic E-state index is 12.4. The van der Waals surface area contributed by atoms with Crippen LogP contribution in [0.3, 0.4) is 0 Å². The Balaban J connectivity index is 2.85. The standard InChI is InChI=1S/C13H13F3O4/c1-3-19-12(18)11(8(2)17)20-10-6-4-9(5-7-10)13(14,15)16/h4-7,11H,3H2,1-2H3/t11-/m0/s1. The van der Waals surface area contributed by atoms with E-state index in [9.17, 15) is 22.8 Å². The molecule has 0 radical (unpaired) electrons. The van der Waals surface area contributed by atoms with Crippen LogP contribution in [0.2, 0.25) is 0 Å². The Labute approximate surface area is 113 Å². The van der Waals surface area contributed by atoms with Gasteiger partial charge in [0.2, 0.25) is 0 Å². The molecule has 0 aliphatic rings. The van der Waals surface area contributed by atoms with Crippen molar-refractivity contribution in [2.24, 2.45) is 0 Å². The van der Waals surface area contributed by atoms with Crippen molar-refractivity contribution in [3.8, 4) is 5.75 Å². The van der Waals surface area contributed by atoms with E-state index in [0.29, 0.717) is 0 Å². The highest BCUT2D eigenvalue weighted by Gasteiger charge is 2.31. The highest BCUT2D eigenvalue weighted by Crippen LogP contribution is 2.30. The van der Waals surface area contributed by atoms with Crippen LogP contribution in [-0.4, -0.2) is 24.5 Å². The lowest BCUT2D eigenvalue weighted by atomic mass is 10.2. The molecule has 0 saturated heterocycles. The molecular weight excluding hydrogens is 277 g/mol. The van der Waals surface area contributed by atoms with E-state index >= 15 is 0 Å². The van der Waals surface area contributed by atoms with Crippen molar-refractivity contribution in [3.63, 3.8) is 0 Å². The third-order valence-electron chi connectivity index (χ3n) is 2.31. The number of rotatable bonds is 5. The van der Waals surface area contributed by atoms with Gasteiger partial charge < -0.3 is 9.47 Å². The van der Waals surface area contributed by atoms with Crippen LogP contribution in [0, 0.1) is 0 Å². The van der Waals surface area contributed by atoms with Crippen LogP contribution in [0.25, 0.3) is 0 Å². The fraction of sp³-hybridized carbons (Fsp3) is 0.385. The zero-order valence-corrected chi connectivity index (χ0v) is 10.9. The molecule has 0 saturated carbocycles. The number of hydrogen-bond acceptors (Lipinski definition) is 4. The van der Waals surface area contributed by atoms with Gasteiger partial charge in [-0.25, -0.2) is 4.79 Å². The Morgan fingerprint density at radius 2 is 1.75 bits per heavy atom. The van der Waals surface area contributed by atoms with Gasteiger partial charge in [-0.1, -0.05) is 0 Å². The quantitative estimate of drug-likeness (QED) is 0.618. The van der Waals surface area contributed by atoms with Crippen LogP contribution in [0.15, 0.2) is 24.3 Å². The van der Waals surface area contributed by atoms with E-state index in [0.717, 1.165) is 31.2 Å². The van der Waals surface area contributed by atoms with Gasteiger partial charge in [0.25, 0.3) is 6.10 Å². The second kappa shape index (κ2) is 6.40. The van der Waals surface area contributed by atoms with E-state index < -0.39 is 29.6 Å². The van der Waals surface area contributed by atoms with Gasteiger partial charge >= 0.3 is 12.1 Å². The largest absolute Gasteiger partial charge is 0.471 e. The fourth-order valence-corrected chi connectivity index (χ4v) is 1.37. The van der Waals surface area contributed by atoms with Crippen molar-refractivity contribution in [1.82, 2.24) is 0 Å². The first-order valence-corrected chi connectivity index (χ1v) is 5.76. The lowest BCUT2D eigenvalue weighted by Crippen LogP contribution is -2.35. The molecule has 1 aromatic carbocycles. The number of Topliss-reactive ketones (excluding diaryl/α,β-unsaturated/α-hetero) is 1. The highest BCUT2D eigenvalue weighted by atomic mass is 19.4. The Hall–Kier alpha value is -2.05. The molecule has 0 fully saturated rings. The van der Waals surface area contributed by atoms with Crippen LogP contribution < -0.4 is 4.74 Å². The minimum atomic E-state index is -4.46. The van der Waals surface area contributed by atoms with E-state index in [4.69, 9.17) is 4.74 Å². The molecule has 1 aromatic rings. The van der Waals surface area contributed by atoms with Crippen LogP contribution in [0.5, 0.6) is 5.75 Å². The zero-order valence-electron chi connectivity index (χ0n) is 10.9. The number of hydrogen-bond donors (Lipinski definition) is 0. The average molecular weight is 290 g/mol. The van der Waals surface area contributed by atoms with Crippen LogP contribution in [-0.2, 0) is 20.5 Å². The Bertz CT molecular complexity index is 479.